The monoisotopic (exact) mass is 423 g/mol. The van der Waals surface area contributed by atoms with Crippen molar-refractivity contribution < 1.29 is 14.0 Å². The van der Waals surface area contributed by atoms with E-state index in [0.29, 0.717) is 22.1 Å². The summed E-state index contributed by atoms with van der Waals surface area (Å²) in [5, 5.41) is 20.2. The number of benzene rings is 2. The number of aromatic nitrogens is 3. The molecule has 3 aromatic rings. The van der Waals surface area contributed by atoms with Crippen LogP contribution in [0.4, 0.5) is 4.39 Å². The van der Waals surface area contributed by atoms with Crippen LogP contribution >= 0.6 is 11.8 Å². The zero-order chi connectivity index (χ0) is 21.7. The highest BCUT2D eigenvalue weighted by Gasteiger charge is 2.20. The molecule has 1 unspecified atom stereocenters. The summed E-state index contributed by atoms with van der Waals surface area (Å²) in [6.45, 7) is 1.72. The fourth-order valence-electron chi connectivity index (χ4n) is 2.76. The van der Waals surface area contributed by atoms with Crippen molar-refractivity contribution in [2.45, 2.75) is 18.1 Å². The normalized spacial score (nSPS) is 11.5. The third-order valence-corrected chi connectivity index (χ3v) is 5.41. The second-order valence-electron chi connectivity index (χ2n) is 6.48. The molecule has 3 rings (SSSR count). The van der Waals surface area contributed by atoms with Gasteiger partial charge in [0.1, 0.15) is 5.82 Å². The molecule has 0 spiro atoms. The van der Waals surface area contributed by atoms with Gasteiger partial charge in [0.15, 0.2) is 16.8 Å². The van der Waals surface area contributed by atoms with E-state index in [0.717, 1.165) is 0 Å². The lowest BCUT2D eigenvalue weighted by Crippen LogP contribution is -2.29. The van der Waals surface area contributed by atoms with Gasteiger partial charge in [-0.05, 0) is 31.2 Å². The van der Waals surface area contributed by atoms with Crippen molar-refractivity contribution in [1.82, 2.24) is 20.1 Å². The molecule has 1 N–H and O–H groups in total. The molecule has 1 amide bonds. The first-order valence-electron chi connectivity index (χ1n) is 9.01. The van der Waals surface area contributed by atoms with Crippen LogP contribution in [0.5, 0.6) is 0 Å². The largest absolute Gasteiger partial charge is 0.342 e. The molecule has 0 bridgehead atoms. The Balaban J connectivity index is 1.63. The van der Waals surface area contributed by atoms with E-state index >= 15 is 0 Å². The van der Waals surface area contributed by atoms with E-state index in [2.05, 4.69) is 15.5 Å². The lowest BCUT2D eigenvalue weighted by atomic mass is 10.1. The van der Waals surface area contributed by atoms with Crippen molar-refractivity contribution in [3.63, 3.8) is 0 Å². The quantitative estimate of drug-likeness (QED) is 0.462. The van der Waals surface area contributed by atoms with Crippen LogP contribution in [-0.2, 0) is 7.05 Å². The van der Waals surface area contributed by atoms with Crippen LogP contribution in [0.1, 0.15) is 45.1 Å². The molecule has 1 aromatic heterocycles. The topological polar surface area (TPSA) is 101 Å². The Bertz CT molecular complexity index is 1120. The Morgan fingerprint density at radius 1 is 1.20 bits per heavy atom. The molecule has 9 heteroatoms. The minimum Gasteiger partial charge on any atom is -0.342 e. The lowest BCUT2D eigenvalue weighted by Gasteiger charge is -2.14. The van der Waals surface area contributed by atoms with Crippen LogP contribution in [0, 0.1) is 17.1 Å². The molecule has 1 atom stereocenters. The number of nitrogens with one attached hydrogen (secondary N) is 1. The Hall–Kier alpha value is -3.51. The summed E-state index contributed by atoms with van der Waals surface area (Å²) < 4.78 is 15.5. The molecule has 7 nitrogen and oxygen atoms in total. The van der Waals surface area contributed by atoms with Crippen molar-refractivity contribution in [2.75, 3.05) is 5.75 Å². The summed E-state index contributed by atoms with van der Waals surface area (Å²) in [7, 11) is 1.73. The van der Waals surface area contributed by atoms with Gasteiger partial charge in [-0.1, -0.05) is 36.0 Å². The highest BCUT2D eigenvalue weighted by molar-refractivity contribution is 7.99. The average molecular weight is 423 g/mol. The second-order valence-corrected chi connectivity index (χ2v) is 7.42. The van der Waals surface area contributed by atoms with Crippen molar-refractivity contribution in [1.29, 1.82) is 5.26 Å². The first-order valence-corrected chi connectivity index (χ1v) is 10.00. The van der Waals surface area contributed by atoms with Gasteiger partial charge < -0.3 is 9.88 Å². The number of carbonyl (C=O) groups is 2. The molecule has 0 aliphatic carbocycles. The first kappa shape index (κ1) is 21.2. The van der Waals surface area contributed by atoms with Crippen molar-refractivity contribution in [3.05, 3.63) is 76.9 Å². The van der Waals surface area contributed by atoms with E-state index < -0.39 is 17.8 Å². The van der Waals surface area contributed by atoms with Crippen molar-refractivity contribution in [2.24, 2.45) is 7.05 Å². The number of thioether (sulfide) groups is 1. The maximum Gasteiger partial charge on any atom is 0.254 e. The summed E-state index contributed by atoms with van der Waals surface area (Å²) in [4.78, 5) is 24.7. The van der Waals surface area contributed by atoms with Gasteiger partial charge in [0.25, 0.3) is 5.91 Å². The van der Waals surface area contributed by atoms with Gasteiger partial charge in [-0.2, -0.15) is 5.26 Å². The highest BCUT2D eigenvalue weighted by Crippen LogP contribution is 2.21. The fourth-order valence-corrected chi connectivity index (χ4v) is 3.57. The van der Waals surface area contributed by atoms with E-state index in [-0.39, 0.29) is 17.1 Å². The van der Waals surface area contributed by atoms with Gasteiger partial charge in [-0.15, -0.1) is 10.2 Å². The minimum atomic E-state index is -0.599. The molecule has 1 heterocycles. The number of hydrogen-bond donors (Lipinski definition) is 1. The number of nitrogens with zero attached hydrogens (tertiary/aromatic N) is 4. The molecule has 0 saturated heterocycles. The van der Waals surface area contributed by atoms with Gasteiger partial charge >= 0.3 is 0 Å². The number of ketones is 1. The van der Waals surface area contributed by atoms with E-state index in [1.807, 2.05) is 6.07 Å². The lowest BCUT2D eigenvalue weighted by molar-refractivity contribution is 0.0933. The van der Waals surface area contributed by atoms with E-state index in [4.69, 9.17) is 5.26 Å². The molecule has 0 aliphatic rings. The molecule has 0 radical (unpaired) electrons. The second kappa shape index (κ2) is 9.33. The van der Waals surface area contributed by atoms with Crippen molar-refractivity contribution >= 4 is 23.5 Å². The van der Waals surface area contributed by atoms with Crippen molar-refractivity contribution in [3.8, 4) is 6.07 Å². The summed E-state index contributed by atoms with van der Waals surface area (Å²) in [6.07, 6.45) is 0. The van der Waals surface area contributed by atoms with Crippen LogP contribution < -0.4 is 5.32 Å². The third-order valence-electron chi connectivity index (χ3n) is 4.39. The van der Waals surface area contributed by atoms with Crippen LogP contribution in [-0.4, -0.2) is 32.2 Å². The molecule has 0 saturated carbocycles. The average Bonchev–Trinajstić information content (AvgIpc) is 3.12. The Labute approximate surface area is 176 Å². The summed E-state index contributed by atoms with van der Waals surface area (Å²) in [5.74, 6) is -0.622. The van der Waals surface area contributed by atoms with Crippen LogP contribution in [0.3, 0.4) is 0 Å². The first-order chi connectivity index (χ1) is 14.4. The third kappa shape index (κ3) is 4.72. The van der Waals surface area contributed by atoms with Crippen LogP contribution in [0.25, 0.3) is 0 Å². The molecule has 0 aliphatic heterocycles. The molecule has 30 heavy (non-hydrogen) atoms. The summed E-state index contributed by atoms with van der Waals surface area (Å²) in [5.41, 5.74) is 0.951. The Kier molecular flexibility index (Phi) is 6.59. The van der Waals surface area contributed by atoms with Gasteiger partial charge in [-0.3, -0.25) is 9.59 Å². The molecule has 0 fully saturated rings. The predicted octanol–water partition coefficient (Wildman–Crippen LogP) is 3.29. The number of nitriles is 1. The number of Topliss-reactive ketones (excluding diaryl/α,β-unsaturated/α-hetero) is 1. The highest BCUT2D eigenvalue weighted by atomic mass is 32.2. The number of halogens is 1. The number of carbonyl (C=O) groups excluding carboxylic acids is 2. The zero-order valence-corrected chi connectivity index (χ0v) is 17.1. The van der Waals surface area contributed by atoms with Gasteiger partial charge in [0, 0.05) is 12.6 Å². The van der Waals surface area contributed by atoms with Gasteiger partial charge in [0.05, 0.1) is 29.0 Å². The molecular formula is C21H18FN5O2S. The van der Waals surface area contributed by atoms with E-state index in [9.17, 15) is 14.0 Å². The van der Waals surface area contributed by atoms with Gasteiger partial charge in [0.2, 0.25) is 0 Å². The molecular weight excluding hydrogens is 405 g/mol. The molecule has 2 aromatic carbocycles. The van der Waals surface area contributed by atoms with Crippen LogP contribution in [0.15, 0.2) is 53.7 Å². The molecule has 152 valence electrons. The van der Waals surface area contributed by atoms with Crippen LogP contribution in [0.2, 0.25) is 0 Å². The maximum atomic E-state index is 13.8. The fraction of sp³-hybridized carbons (Fsp3) is 0.190. The standard InChI is InChI=1S/C21H18FN5O2S/c1-13(24-20(29)16-5-3-4-6-17(16)22)19-25-26-21(27(19)2)30-12-18(28)15-9-7-14(11-23)8-10-15/h3-10,13H,12H2,1-2H3,(H,24,29). The SMILES string of the molecule is CC(NC(=O)c1ccccc1F)c1nnc(SCC(=O)c2ccc(C#N)cc2)n1C. The Morgan fingerprint density at radius 3 is 2.57 bits per heavy atom. The smallest absolute Gasteiger partial charge is 0.254 e. The Morgan fingerprint density at radius 2 is 1.90 bits per heavy atom. The van der Waals surface area contributed by atoms with E-state index in [1.54, 1.807) is 48.9 Å². The predicted molar refractivity (Wildman–Crippen MR) is 109 cm³/mol. The van der Waals surface area contributed by atoms with E-state index in [1.165, 1.54) is 30.0 Å². The summed E-state index contributed by atoms with van der Waals surface area (Å²) in [6, 6.07) is 13.6. The van der Waals surface area contributed by atoms with Gasteiger partial charge in [-0.25, -0.2) is 4.39 Å². The minimum absolute atomic E-state index is 0.0471. The number of amides is 1. The number of hydrogen-bond acceptors (Lipinski definition) is 6. The summed E-state index contributed by atoms with van der Waals surface area (Å²) >= 11 is 1.22. The number of rotatable bonds is 7. The zero-order valence-electron chi connectivity index (χ0n) is 16.3. The maximum absolute atomic E-state index is 13.8.